The zero-order valence-electron chi connectivity index (χ0n) is 9.61. The van der Waals surface area contributed by atoms with E-state index >= 15 is 0 Å². The summed E-state index contributed by atoms with van der Waals surface area (Å²) in [7, 11) is 0. The van der Waals surface area contributed by atoms with Crippen LogP contribution in [0.15, 0.2) is 24.3 Å². The van der Waals surface area contributed by atoms with Crippen molar-refractivity contribution in [3.8, 4) is 0 Å². The summed E-state index contributed by atoms with van der Waals surface area (Å²) in [5.74, 6) is -2.99. The van der Waals surface area contributed by atoms with Crippen LogP contribution in [-0.2, 0) is 9.59 Å². The van der Waals surface area contributed by atoms with Gasteiger partial charge in [-0.05, 0) is 24.1 Å². The molecule has 1 unspecified atom stereocenters. The molecular weight excluding hydrogens is 242 g/mol. The van der Waals surface area contributed by atoms with Crippen molar-refractivity contribution in [1.82, 2.24) is 0 Å². The predicted octanol–water partition coefficient (Wildman–Crippen LogP) is 2.64. The number of anilines is 1. The third-order valence-electron chi connectivity index (χ3n) is 2.31. The van der Waals surface area contributed by atoms with E-state index in [0.717, 1.165) is 0 Å². The van der Waals surface area contributed by atoms with E-state index in [1.54, 1.807) is 38.1 Å². The fourth-order valence-corrected chi connectivity index (χ4v) is 1.68. The summed E-state index contributed by atoms with van der Waals surface area (Å²) in [5, 5.41) is 12.0. The molecule has 1 aromatic rings. The van der Waals surface area contributed by atoms with Crippen LogP contribution in [0.5, 0.6) is 0 Å². The van der Waals surface area contributed by atoms with Crippen molar-refractivity contribution < 1.29 is 14.7 Å². The number of amides is 1. The van der Waals surface area contributed by atoms with Gasteiger partial charge in [0.15, 0.2) is 0 Å². The van der Waals surface area contributed by atoms with E-state index in [-0.39, 0.29) is 5.92 Å². The van der Waals surface area contributed by atoms with Crippen molar-refractivity contribution >= 4 is 29.2 Å². The Morgan fingerprint density at radius 3 is 2.47 bits per heavy atom. The van der Waals surface area contributed by atoms with Crippen LogP contribution in [-0.4, -0.2) is 17.0 Å². The number of aliphatic carboxylic acids is 1. The molecule has 0 saturated carbocycles. The van der Waals surface area contributed by atoms with Crippen molar-refractivity contribution in [3.05, 3.63) is 29.3 Å². The molecular formula is C12H14ClNO3. The molecule has 0 heterocycles. The number of hydrogen-bond donors (Lipinski definition) is 2. The van der Waals surface area contributed by atoms with Crippen LogP contribution in [0, 0.1) is 11.8 Å². The van der Waals surface area contributed by atoms with Crippen molar-refractivity contribution in [3.63, 3.8) is 0 Å². The smallest absolute Gasteiger partial charge is 0.316 e. The van der Waals surface area contributed by atoms with Gasteiger partial charge in [0.1, 0.15) is 5.92 Å². The molecule has 0 aliphatic carbocycles. The zero-order valence-corrected chi connectivity index (χ0v) is 10.4. The summed E-state index contributed by atoms with van der Waals surface area (Å²) in [6.45, 7) is 3.38. The van der Waals surface area contributed by atoms with Crippen LogP contribution in [0.3, 0.4) is 0 Å². The van der Waals surface area contributed by atoms with E-state index in [2.05, 4.69) is 5.32 Å². The van der Waals surface area contributed by atoms with Crippen LogP contribution in [0.25, 0.3) is 0 Å². The zero-order chi connectivity index (χ0) is 13.0. The van der Waals surface area contributed by atoms with Crippen LogP contribution < -0.4 is 5.32 Å². The van der Waals surface area contributed by atoms with Crippen LogP contribution in [0.2, 0.25) is 5.02 Å². The first-order chi connectivity index (χ1) is 7.91. The molecule has 0 aliphatic rings. The van der Waals surface area contributed by atoms with Gasteiger partial charge in [-0.1, -0.05) is 31.5 Å². The van der Waals surface area contributed by atoms with Gasteiger partial charge in [-0.25, -0.2) is 0 Å². The highest BCUT2D eigenvalue weighted by Gasteiger charge is 2.29. The van der Waals surface area contributed by atoms with E-state index in [9.17, 15) is 9.59 Å². The molecule has 0 aliphatic heterocycles. The quantitative estimate of drug-likeness (QED) is 0.813. The van der Waals surface area contributed by atoms with Gasteiger partial charge in [0.2, 0.25) is 5.91 Å². The molecule has 0 radical (unpaired) electrons. The second-order valence-corrected chi connectivity index (χ2v) is 4.50. The van der Waals surface area contributed by atoms with Gasteiger partial charge in [0, 0.05) is 10.7 Å². The average Bonchev–Trinajstić information content (AvgIpc) is 2.15. The molecule has 0 saturated heterocycles. The van der Waals surface area contributed by atoms with E-state index in [4.69, 9.17) is 16.7 Å². The van der Waals surface area contributed by atoms with Crippen molar-refractivity contribution in [1.29, 1.82) is 0 Å². The van der Waals surface area contributed by atoms with E-state index in [1.165, 1.54) is 0 Å². The lowest BCUT2D eigenvalue weighted by Crippen LogP contribution is -2.33. The van der Waals surface area contributed by atoms with Gasteiger partial charge >= 0.3 is 5.97 Å². The fourth-order valence-electron chi connectivity index (χ4n) is 1.49. The Labute approximate surface area is 105 Å². The number of rotatable bonds is 4. The van der Waals surface area contributed by atoms with Gasteiger partial charge in [-0.2, -0.15) is 0 Å². The Bertz CT molecular complexity index is 432. The summed E-state index contributed by atoms with van der Waals surface area (Å²) in [4.78, 5) is 22.7. The average molecular weight is 256 g/mol. The Morgan fingerprint density at radius 1 is 1.35 bits per heavy atom. The molecule has 0 fully saturated rings. The molecule has 0 spiro atoms. The first kappa shape index (κ1) is 13.5. The van der Waals surface area contributed by atoms with Gasteiger partial charge in [0.05, 0.1) is 0 Å². The first-order valence-electron chi connectivity index (χ1n) is 5.21. The highest BCUT2D eigenvalue weighted by molar-refractivity contribution is 6.30. The number of nitrogens with one attached hydrogen (secondary N) is 1. The van der Waals surface area contributed by atoms with Crippen molar-refractivity contribution in [2.24, 2.45) is 11.8 Å². The number of halogens is 1. The summed E-state index contributed by atoms with van der Waals surface area (Å²) >= 11 is 5.77. The lowest BCUT2D eigenvalue weighted by atomic mass is 9.95. The van der Waals surface area contributed by atoms with E-state index in [0.29, 0.717) is 10.7 Å². The van der Waals surface area contributed by atoms with Gasteiger partial charge < -0.3 is 10.4 Å². The van der Waals surface area contributed by atoms with Crippen molar-refractivity contribution in [2.75, 3.05) is 5.32 Å². The largest absolute Gasteiger partial charge is 0.481 e. The Hall–Kier alpha value is -1.55. The molecule has 2 N–H and O–H groups in total. The Kier molecular flexibility index (Phi) is 4.52. The summed E-state index contributed by atoms with van der Waals surface area (Å²) in [6, 6.07) is 6.58. The van der Waals surface area contributed by atoms with Gasteiger partial charge in [0.25, 0.3) is 0 Å². The second kappa shape index (κ2) is 5.68. The number of hydrogen-bond acceptors (Lipinski definition) is 2. The maximum Gasteiger partial charge on any atom is 0.316 e. The molecule has 17 heavy (non-hydrogen) atoms. The molecule has 0 aromatic heterocycles. The number of carbonyl (C=O) groups excluding carboxylic acids is 1. The first-order valence-corrected chi connectivity index (χ1v) is 5.59. The van der Waals surface area contributed by atoms with Crippen LogP contribution in [0.1, 0.15) is 13.8 Å². The van der Waals surface area contributed by atoms with Gasteiger partial charge in [-0.15, -0.1) is 0 Å². The summed E-state index contributed by atoms with van der Waals surface area (Å²) in [6.07, 6.45) is 0. The molecule has 1 amide bonds. The minimum Gasteiger partial charge on any atom is -0.481 e. The van der Waals surface area contributed by atoms with E-state index < -0.39 is 17.8 Å². The van der Waals surface area contributed by atoms with Crippen LogP contribution >= 0.6 is 11.6 Å². The molecule has 1 aromatic carbocycles. The van der Waals surface area contributed by atoms with Crippen molar-refractivity contribution in [2.45, 2.75) is 13.8 Å². The highest BCUT2D eigenvalue weighted by Crippen LogP contribution is 2.18. The topological polar surface area (TPSA) is 66.4 Å². The lowest BCUT2D eigenvalue weighted by Gasteiger charge is -2.15. The molecule has 1 rings (SSSR count). The second-order valence-electron chi connectivity index (χ2n) is 4.06. The molecule has 5 heteroatoms. The number of carboxylic acids is 1. The molecule has 4 nitrogen and oxygen atoms in total. The normalized spacial score (nSPS) is 12.2. The Balaban J connectivity index is 2.81. The minimum absolute atomic E-state index is 0.272. The van der Waals surface area contributed by atoms with E-state index in [1.807, 2.05) is 0 Å². The van der Waals surface area contributed by atoms with Gasteiger partial charge in [-0.3, -0.25) is 9.59 Å². The minimum atomic E-state index is -1.13. The number of benzene rings is 1. The third kappa shape index (κ3) is 3.75. The number of carboxylic acid groups (broad SMARTS) is 1. The standard InChI is InChI=1S/C12H14ClNO3/c1-7(2)10(12(16)17)11(15)14-9-5-3-4-8(13)6-9/h3-7,10H,1-2H3,(H,14,15)(H,16,17). The summed E-state index contributed by atoms with van der Waals surface area (Å²) < 4.78 is 0. The summed E-state index contributed by atoms with van der Waals surface area (Å²) in [5.41, 5.74) is 0.495. The SMILES string of the molecule is CC(C)C(C(=O)O)C(=O)Nc1cccc(Cl)c1. The van der Waals surface area contributed by atoms with Crippen LogP contribution in [0.4, 0.5) is 5.69 Å². The fraction of sp³-hybridized carbons (Fsp3) is 0.333. The molecule has 0 bridgehead atoms. The number of carbonyl (C=O) groups is 2. The molecule has 92 valence electrons. The predicted molar refractivity (Wildman–Crippen MR) is 66.0 cm³/mol. The molecule has 1 atom stereocenters. The third-order valence-corrected chi connectivity index (χ3v) is 2.54. The highest BCUT2D eigenvalue weighted by atomic mass is 35.5. The lowest BCUT2D eigenvalue weighted by molar-refractivity contribution is -0.147. The Morgan fingerprint density at radius 2 is 2.00 bits per heavy atom. The monoisotopic (exact) mass is 255 g/mol. The maximum absolute atomic E-state index is 11.8. The maximum atomic E-state index is 11.8.